The zero-order valence-electron chi connectivity index (χ0n) is 11.3. The van der Waals surface area contributed by atoms with Crippen molar-refractivity contribution in [3.63, 3.8) is 0 Å². The van der Waals surface area contributed by atoms with Crippen molar-refractivity contribution >= 4 is 21.8 Å². The summed E-state index contributed by atoms with van der Waals surface area (Å²) in [6.07, 6.45) is 1.60. The second-order valence-corrected chi connectivity index (χ2v) is 5.57. The van der Waals surface area contributed by atoms with Gasteiger partial charge in [0.1, 0.15) is 5.76 Å². The Morgan fingerprint density at radius 1 is 1.30 bits per heavy atom. The monoisotopic (exact) mass is 336 g/mol. The first-order chi connectivity index (χ1) is 9.63. The number of nitrogens with zero attached hydrogens (tertiary/aromatic N) is 1. The smallest absolute Gasteiger partial charge is 0.234 e. The molecule has 4 nitrogen and oxygen atoms in total. The Labute approximate surface area is 126 Å². The van der Waals surface area contributed by atoms with Gasteiger partial charge in [-0.25, -0.2) is 0 Å². The van der Waals surface area contributed by atoms with Gasteiger partial charge in [0, 0.05) is 11.0 Å². The minimum Gasteiger partial charge on any atom is -0.467 e. The third-order valence-corrected chi connectivity index (χ3v) is 3.35. The fourth-order valence-electron chi connectivity index (χ4n) is 1.86. The van der Waals surface area contributed by atoms with Gasteiger partial charge in [0.25, 0.3) is 0 Å². The summed E-state index contributed by atoms with van der Waals surface area (Å²) in [4.78, 5) is 13.8. The maximum Gasteiger partial charge on any atom is 0.234 e. The second-order valence-electron chi connectivity index (χ2n) is 4.65. The third-order valence-electron chi connectivity index (χ3n) is 2.82. The minimum absolute atomic E-state index is 0.0130. The molecule has 2 rings (SSSR count). The van der Waals surface area contributed by atoms with E-state index in [1.807, 2.05) is 42.3 Å². The van der Waals surface area contributed by atoms with E-state index in [4.69, 9.17) is 4.42 Å². The van der Waals surface area contributed by atoms with Gasteiger partial charge in [-0.2, -0.15) is 0 Å². The summed E-state index contributed by atoms with van der Waals surface area (Å²) in [5, 5.41) is 2.83. The molecule has 1 N–H and O–H groups in total. The highest BCUT2D eigenvalue weighted by molar-refractivity contribution is 9.10. The average molecular weight is 337 g/mol. The van der Waals surface area contributed by atoms with Gasteiger partial charge in [0.15, 0.2) is 0 Å². The van der Waals surface area contributed by atoms with E-state index in [1.165, 1.54) is 5.56 Å². The average Bonchev–Trinajstić information content (AvgIpc) is 2.92. The summed E-state index contributed by atoms with van der Waals surface area (Å²) in [5.74, 6) is 0.745. The third kappa shape index (κ3) is 4.83. The van der Waals surface area contributed by atoms with Gasteiger partial charge in [-0.1, -0.05) is 28.1 Å². The largest absolute Gasteiger partial charge is 0.467 e. The second kappa shape index (κ2) is 7.26. The molecule has 0 radical (unpaired) electrons. The fraction of sp³-hybridized carbons (Fsp3) is 0.267. The van der Waals surface area contributed by atoms with Gasteiger partial charge in [-0.05, 0) is 36.9 Å². The molecular weight excluding hydrogens is 320 g/mol. The number of furan rings is 1. The van der Waals surface area contributed by atoms with E-state index in [0.29, 0.717) is 13.1 Å². The van der Waals surface area contributed by atoms with Crippen LogP contribution >= 0.6 is 15.9 Å². The van der Waals surface area contributed by atoms with Crippen LogP contribution in [-0.2, 0) is 17.9 Å². The highest BCUT2D eigenvalue weighted by Crippen LogP contribution is 2.11. The molecule has 0 atom stereocenters. The molecule has 0 saturated carbocycles. The van der Waals surface area contributed by atoms with E-state index >= 15 is 0 Å². The van der Waals surface area contributed by atoms with Crippen molar-refractivity contribution in [2.45, 2.75) is 13.1 Å². The van der Waals surface area contributed by atoms with E-state index in [-0.39, 0.29) is 5.91 Å². The Morgan fingerprint density at radius 3 is 2.70 bits per heavy atom. The Bertz CT molecular complexity index is 538. The molecule has 0 aliphatic carbocycles. The quantitative estimate of drug-likeness (QED) is 0.882. The highest BCUT2D eigenvalue weighted by atomic mass is 79.9. The molecule has 1 aromatic heterocycles. The maximum atomic E-state index is 11.8. The summed E-state index contributed by atoms with van der Waals surface area (Å²) in [6, 6.07) is 11.7. The molecule has 2 aromatic rings. The number of rotatable bonds is 6. The summed E-state index contributed by atoms with van der Waals surface area (Å²) < 4.78 is 6.22. The topological polar surface area (TPSA) is 45.5 Å². The number of carbonyl (C=O) groups excluding carboxylic acids is 1. The standard InChI is InChI=1S/C15H17BrN2O2/c1-18(10-12-4-6-13(16)7-5-12)11-15(19)17-9-14-3-2-8-20-14/h2-8H,9-11H2,1H3,(H,17,19). The van der Waals surface area contributed by atoms with Gasteiger partial charge < -0.3 is 9.73 Å². The zero-order chi connectivity index (χ0) is 14.4. The predicted molar refractivity (Wildman–Crippen MR) is 81.0 cm³/mol. The first kappa shape index (κ1) is 14.8. The lowest BCUT2D eigenvalue weighted by atomic mass is 10.2. The molecule has 0 fully saturated rings. The van der Waals surface area contributed by atoms with Crippen LogP contribution in [0.5, 0.6) is 0 Å². The van der Waals surface area contributed by atoms with Gasteiger partial charge in [-0.15, -0.1) is 0 Å². The predicted octanol–water partition coefficient (Wildman–Crippen LogP) is 2.79. The van der Waals surface area contributed by atoms with Crippen LogP contribution in [0.4, 0.5) is 0 Å². The number of carbonyl (C=O) groups is 1. The van der Waals surface area contributed by atoms with Gasteiger partial charge in [0.05, 0.1) is 19.4 Å². The number of nitrogens with one attached hydrogen (secondary N) is 1. The van der Waals surface area contributed by atoms with Crippen molar-refractivity contribution in [2.24, 2.45) is 0 Å². The van der Waals surface area contributed by atoms with E-state index in [0.717, 1.165) is 16.8 Å². The van der Waals surface area contributed by atoms with E-state index in [1.54, 1.807) is 12.3 Å². The molecule has 5 heteroatoms. The summed E-state index contributed by atoms with van der Waals surface area (Å²) in [7, 11) is 1.93. The van der Waals surface area contributed by atoms with Crippen molar-refractivity contribution in [1.82, 2.24) is 10.2 Å². The normalized spacial score (nSPS) is 10.8. The minimum atomic E-state index is -0.0130. The molecule has 0 aliphatic rings. The van der Waals surface area contributed by atoms with Crippen LogP contribution in [0.2, 0.25) is 0 Å². The van der Waals surface area contributed by atoms with Crippen molar-refractivity contribution in [3.05, 3.63) is 58.5 Å². The molecular formula is C15H17BrN2O2. The molecule has 0 spiro atoms. The van der Waals surface area contributed by atoms with Crippen LogP contribution in [0.3, 0.4) is 0 Å². The van der Waals surface area contributed by atoms with Crippen LogP contribution in [0.15, 0.2) is 51.6 Å². The van der Waals surface area contributed by atoms with Crippen LogP contribution in [-0.4, -0.2) is 24.4 Å². The fourth-order valence-corrected chi connectivity index (χ4v) is 2.12. The van der Waals surface area contributed by atoms with Crippen molar-refractivity contribution in [1.29, 1.82) is 0 Å². The lowest BCUT2D eigenvalue weighted by Crippen LogP contribution is -2.34. The molecule has 0 bridgehead atoms. The lowest BCUT2D eigenvalue weighted by molar-refractivity contribution is -0.122. The van der Waals surface area contributed by atoms with Crippen molar-refractivity contribution in [3.8, 4) is 0 Å². The number of hydrogen-bond acceptors (Lipinski definition) is 3. The van der Waals surface area contributed by atoms with E-state index in [9.17, 15) is 4.79 Å². The first-order valence-electron chi connectivity index (χ1n) is 6.35. The zero-order valence-corrected chi connectivity index (χ0v) is 12.9. The highest BCUT2D eigenvalue weighted by Gasteiger charge is 2.07. The van der Waals surface area contributed by atoms with Gasteiger partial charge in [0.2, 0.25) is 5.91 Å². The SMILES string of the molecule is CN(CC(=O)NCc1ccco1)Cc1ccc(Br)cc1. The number of likely N-dealkylation sites (N-methyl/N-ethyl adjacent to an activating group) is 1. The summed E-state index contributed by atoms with van der Waals surface area (Å²) >= 11 is 3.40. The number of halogens is 1. The Balaban J connectivity index is 1.74. The van der Waals surface area contributed by atoms with Crippen molar-refractivity contribution < 1.29 is 9.21 Å². The Morgan fingerprint density at radius 2 is 2.05 bits per heavy atom. The molecule has 20 heavy (non-hydrogen) atoms. The number of benzene rings is 1. The lowest BCUT2D eigenvalue weighted by Gasteiger charge is -2.16. The molecule has 1 aromatic carbocycles. The molecule has 0 saturated heterocycles. The van der Waals surface area contributed by atoms with Crippen LogP contribution in [0.1, 0.15) is 11.3 Å². The summed E-state index contributed by atoms with van der Waals surface area (Å²) in [6.45, 7) is 1.52. The maximum absolute atomic E-state index is 11.8. The summed E-state index contributed by atoms with van der Waals surface area (Å²) in [5.41, 5.74) is 1.18. The van der Waals surface area contributed by atoms with E-state index < -0.39 is 0 Å². The van der Waals surface area contributed by atoms with Crippen molar-refractivity contribution in [2.75, 3.05) is 13.6 Å². The van der Waals surface area contributed by atoms with Crippen LogP contribution < -0.4 is 5.32 Å². The Hall–Kier alpha value is -1.59. The van der Waals surface area contributed by atoms with Gasteiger partial charge in [-0.3, -0.25) is 9.69 Å². The number of amides is 1. The van der Waals surface area contributed by atoms with Crippen LogP contribution in [0, 0.1) is 0 Å². The molecule has 0 unspecified atom stereocenters. The van der Waals surface area contributed by atoms with Gasteiger partial charge >= 0.3 is 0 Å². The van der Waals surface area contributed by atoms with Crippen LogP contribution in [0.25, 0.3) is 0 Å². The number of hydrogen-bond donors (Lipinski definition) is 1. The first-order valence-corrected chi connectivity index (χ1v) is 7.15. The molecule has 106 valence electrons. The molecule has 1 heterocycles. The Kier molecular flexibility index (Phi) is 5.38. The molecule has 1 amide bonds. The van der Waals surface area contributed by atoms with E-state index in [2.05, 4.69) is 21.2 Å². The molecule has 0 aliphatic heterocycles.